The van der Waals surface area contributed by atoms with Crippen molar-refractivity contribution < 1.29 is 19.4 Å². The van der Waals surface area contributed by atoms with Crippen LogP contribution >= 0.6 is 11.3 Å². The van der Waals surface area contributed by atoms with Crippen molar-refractivity contribution in [2.24, 2.45) is 0 Å². The molecule has 1 fully saturated rings. The Morgan fingerprint density at radius 3 is 2.83 bits per heavy atom. The highest BCUT2D eigenvalue weighted by atomic mass is 32.1. The monoisotopic (exact) mass is 415 g/mol. The zero-order valence-electron chi connectivity index (χ0n) is 16.9. The van der Waals surface area contributed by atoms with E-state index in [1.54, 1.807) is 6.07 Å². The van der Waals surface area contributed by atoms with Gasteiger partial charge in [0.2, 0.25) is 5.91 Å². The summed E-state index contributed by atoms with van der Waals surface area (Å²) in [6, 6.07) is 14.0. The first kappa shape index (κ1) is 21.5. The van der Waals surface area contributed by atoms with Crippen LogP contribution in [-0.4, -0.2) is 47.7 Å². The molecule has 1 aromatic heterocycles. The molecule has 2 atom stereocenters. The standard InChI is InChI=1S/C23H29NO4S/c1-28-23(27)21-13-12-20(29-21)8-5-15-24-18(10-14-22(24)26)9-11-19(25)16-17-6-3-2-4-7-17/h2-4,6-7,12-13,18-19,25H,5,8-11,14-16H2,1H3/t18-,19?/m0/s1. The van der Waals surface area contributed by atoms with Gasteiger partial charge in [-0.1, -0.05) is 30.3 Å². The Labute approximate surface area is 176 Å². The minimum Gasteiger partial charge on any atom is -0.465 e. The van der Waals surface area contributed by atoms with Crippen molar-refractivity contribution in [3.8, 4) is 0 Å². The van der Waals surface area contributed by atoms with Gasteiger partial charge in [0.15, 0.2) is 0 Å². The van der Waals surface area contributed by atoms with E-state index in [2.05, 4.69) is 0 Å². The number of rotatable bonds is 10. The van der Waals surface area contributed by atoms with Gasteiger partial charge in [-0.05, 0) is 56.2 Å². The minimum absolute atomic E-state index is 0.217. The predicted molar refractivity (Wildman–Crippen MR) is 114 cm³/mol. The molecule has 3 rings (SSSR count). The van der Waals surface area contributed by atoms with Crippen molar-refractivity contribution in [2.45, 2.75) is 57.1 Å². The lowest BCUT2D eigenvalue weighted by molar-refractivity contribution is -0.129. The number of aryl methyl sites for hydroxylation is 1. The van der Waals surface area contributed by atoms with Gasteiger partial charge in [0.25, 0.3) is 0 Å². The second-order valence-corrected chi connectivity index (χ2v) is 8.73. The zero-order chi connectivity index (χ0) is 20.6. The lowest BCUT2D eigenvalue weighted by Crippen LogP contribution is -2.34. The van der Waals surface area contributed by atoms with Crippen LogP contribution in [0.5, 0.6) is 0 Å². The lowest BCUT2D eigenvalue weighted by atomic mass is 10.0. The molecule has 1 unspecified atom stereocenters. The molecule has 6 heteroatoms. The topological polar surface area (TPSA) is 66.8 Å². The van der Waals surface area contributed by atoms with E-state index in [1.165, 1.54) is 18.4 Å². The van der Waals surface area contributed by atoms with Crippen molar-refractivity contribution in [3.05, 3.63) is 57.8 Å². The van der Waals surface area contributed by atoms with Gasteiger partial charge in [0, 0.05) is 23.9 Å². The van der Waals surface area contributed by atoms with Crippen LogP contribution in [0.1, 0.15) is 52.2 Å². The second kappa shape index (κ2) is 10.6. The van der Waals surface area contributed by atoms with Crippen LogP contribution < -0.4 is 0 Å². The number of nitrogens with zero attached hydrogens (tertiary/aromatic N) is 1. The molecule has 156 valence electrons. The van der Waals surface area contributed by atoms with E-state index >= 15 is 0 Å². The number of likely N-dealkylation sites (tertiary alicyclic amines) is 1. The maximum absolute atomic E-state index is 12.3. The number of thiophene rings is 1. The van der Waals surface area contributed by atoms with Gasteiger partial charge in [0.05, 0.1) is 13.2 Å². The Hall–Kier alpha value is -2.18. The van der Waals surface area contributed by atoms with Crippen LogP contribution in [-0.2, 0) is 22.4 Å². The smallest absolute Gasteiger partial charge is 0.348 e. The highest BCUT2D eigenvalue weighted by Gasteiger charge is 2.30. The first-order valence-corrected chi connectivity index (χ1v) is 11.1. The third kappa shape index (κ3) is 6.15. The van der Waals surface area contributed by atoms with Crippen molar-refractivity contribution >= 4 is 23.2 Å². The SMILES string of the molecule is COC(=O)c1ccc(CCCN2C(=O)CC[C@@H]2CCC(O)Cc2ccccc2)s1. The fraction of sp³-hybridized carbons (Fsp3) is 0.478. The molecule has 2 heterocycles. The van der Waals surface area contributed by atoms with Gasteiger partial charge in [-0.2, -0.15) is 0 Å². The molecule has 1 aliphatic rings. The Kier molecular flexibility index (Phi) is 7.83. The number of carbonyl (C=O) groups excluding carboxylic acids is 2. The molecule has 5 nitrogen and oxygen atoms in total. The van der Waals surface area contributed by atoms with Crippen molar-refractivity contribution in [1.29, 1.82) is 0 Å². The van der Waals surface area contributed by atoms with E-state index in [0.29, 0.717) is 24.1 Å². The summed E-state index contributed by atoms with van der Waals surface area (Å²) in [6.45, 7) is 0.726. The molecule has 0 saturated carbocycles. The first-order chi connectivity index (χ1) is 14.1. The van der Waals surface area contributed by atoms with Gasteiger partial charge in [-0.3, -0.25) is 4.79 Å². The molecule has 2 aromatic rings. The predicted octanol–water partition coefficient (Wildman–Crippen LogP) is 3.84. The molecule has 1 N–H and O–H groups in total. The summed E-state index contributed by atoms with van der Waals surface area (Å²) < 4.78 is 4.75. The molecular weight excluding hydrogens is 386 g/mol. The Morgan fingerprint density at radius 2 is 2.07 bits per heavy atom. The molecule has 1 saturated heterocycles. The second-order valence-electron chi connectivity index (χ2n) is 7.56. The molecule has 1 aromatic carbocycles. The minimum atomic E-state index is -0.377. The number of methoxy groups -OCH3 is 1. The van der Waals surface area contributed by atoms with Crippen LogP contribution in [0.15, 0.2) is 42.5 Å². The summed E-state index contributed by atoms with van der Waals surface area (Å²) in [6.07, 6.45) is 5.01. The number of carbonyl (C=O) groups is 2. The fourth-order valence-corrected chi connectivity index (χ4v) is 4.89. The Bertz CT molecular complexity index is 804. The molecule has 29 heavy (non-hydrogen) atoms. The molecule has 1 amide bonds. The van der Waals surface area contributed by atoms with Gasteiger partial charge in [-0.15, -0.1) is 11.3 Å². The van der Waals surface area contributed by atoms with E-state index in [4.69, 9.17) is 4.74 Å². The van der Waals surface area contributed by atoms with Crippen LogP contribution in [0.3, 0.4) is 0 Å². The van der Waals surface area contributed by atoms with E-state index in [1.807, 2.05) is 41.3 Å². The van der Waals surface area contributed by atoms with Gasteiger partial charge in [-0.25, -0.2) is 4.79 Å². The molecule has 0 spiro atoms. The van der Waals surface area contributed by atoms with Crippen molar-refractivity contribution in [2.75, 3.05) is 13.7 Å². The normalized spacial score (nSPS) is 17.5. The van der Waals surface area contributed by atoms with E-state index in [0.717, 1.165) is 42.7 Å². The summed E-state index contributed by atoms with van der Waals surface area (Å²) in [7, 11) is 1.39. The number of amides is 1. The van der Waals surface area contributed by atoms with E-state index in [9.17, 15) is 14.7 Å². The average molecular weight is 416 g/mol. The van der Waals surface area contributed by atoms with Crippen LogP contribution in [0, 0.1) is 0 Å². The first-order valence-electron chi connectivity index (χ1n) is 10.3. The highest BCUT2D eigenvalue weighted by molar-refractivity contribution is 7.13. The molecule has 0 radical (unpaired) electrons. The summed E-state index contributed by atoms with van der Waals surface area (Å²) in [5.41, 5.74) is 1.14. The van der Waals surface area contributed by atoms with Crippen molar-refractivity contribution in [1.82, 2.24) is 4.90 Å². The molecule has 0 bridgehead atoms. The van der Waals surface area contributed by atoms with Gasteiger partial charge in [0.1, 0.15) is 4.88 Å². The van der Waals surface area contributed by atoms with Gasteiger partial charge < -0.3 is 14.7 Å². The fourth-order valence-electron chi connectivity index (χ4n) is 3.92. The zero-order valence-corrected chi connectivity index (χ0v) is 17.7. The van der Waals surface area contributed by atoms with Crippen LogP contribution in [0.25, 0.3) is 0 Å². The number of ether oxygens (including phenoxy) is 1. The average Bonchev–Trinajstić information content (AvgIpc) is 3.34. The molecule has 1 aliphatic heterocycles. The Balaban J connectivity index is 1.43. The lowest BCUT2D eigenvalue weighted by Gasteiger charge is -2.25. The summed E-state index contributed by atoms with van der Waals surface area (Å²) in [5.74, 6) is -0.0842. The third-order valence-electron chi connectivity index (χ3n) is 5.47. The van der Waals surface area contributed by atoms with Crippen LogP contribution in [0.4, 0.5) is 0 Å². The summed E-state index contributed by atoms with van der Waals surface area (Å²) in [5, 5.41) is 10.4. The number of hydrogen-bond acceptors (Lipinski definition) is 5. The summed E-state index contributed by atoms with van der Waals surface area (Å²) in [4.78, 5) is 27.6. The Morgan fingerprint density at radius 1 is 1.28 bits per heavy atom. The number of hydrogen-bond donors (Lipinski definition) is 1. The van der Waals surface area contributed by atoms with Crippen LogP contribution in [0.2, 0.25) is 0 Å². The maximum atomic E-state index is 12.3. The number of esters is 1. The molecule has 0 aliphatic carbocycles. The summed E-state index contributed by atoms with van der Waals surface area (Å²) >= 11 is 1.45. The maximum Gasteiger partial charge on any atom is 0.348 e. The number of aliphatic hydroxyl groups is 1. The van der Waals surface area contributed by atoms with Gasteiger partial charge >= 0.3 is 5.97 Å². The van der Waals surface area contributed by atoms with E-state index in [-0.39, 0.29) is 24.0 Å². The highest BCUT2D eigenvalue weighted by Crippen LogP contribution is 2.25. The molecular formula is C23H29NO4S. The third-order valence-corrected chi connectivity index (χ3v) is 6.60. The number of benzene rings is 1. The van der Waals surface area contributed by atoms with E-state index < -0.39 is 0 Å². The quantitative estimate of drug-likeness (QED) is 0.599. The van der Waals surface area contributed by atoms with Crippen molar-refractivity contribution in [3.63, 3.8) is 0 Å². The number of aliphatic hydroxyl groups excluding tert-OH is 1. The largest absolute Gasteiger partial charge is 0.465 e.